The Hall–Kier alpha value is -2.44. The van der Waals surface area contributed by atoms with Gasteiger partial charge < -0.3 is 4.74 Å². The van der Waals surface area contributed by atoms with E-state index < -0.39 is 16.6 Å². The van der Waals surface area contributed by atoms with Gasteiger partial charge in [-0.3, -0.25) is 14.9 Å². The number of hydrogen-bond acceptors (Lipinski definition) is 5. The monoisotopic (exact) mass is 348 g/mol. The molecule has 1 aliphatic heterocycles. The fourth-order valence-electron chi connectivity index (χ4n) is 3.00. The van der Waals surface area contributed by atoms with Crippen LogP contribution < -0.4 is 0 Å². The van der Waals surface area contributed by atoms with Crippen LogP contribution in [-0.4, -0.2) is 33.5 Å². The summed E-state index contributed by atoms with van der Waals surface area (Å²) in [7, 11) is 0. The molecule has 7 heteroatoms. The second kappa shape index (κ2) is 7.21. The van der Waals surface area contributed by atoms with Crippen molar-refractivity contribution < 1.29 is 19.2 Å². The molecule has 0 aliphatic carbocycles. The Balaban J connectivity index is 2.19. The number of rotatable bonds is 4. The van der Waals surface area contributed by atoms with Crippen LogP contribution in [0.4, 0.5) is 10.5 Å². The van der Waals surface area contributed by atoms with Gasteiger partial charge in [-0.15, -0.1) is 0 Å². The minimum absolute atomic E-state index is 0.0154. The summed E-state index contributed by atoms with van der Waals surface area (Å²) in [4.78, 5) is 36.5. The Labute approximate surface area is 147 Å². The molecule has 25 heavy (non-hydrogen) atoms. The van der Waals surface area contributed by atoms with Gasteiger partial charge in [0.15, 0.2) is 0 Å². The third-order valence-corrected chi connectivity index (χ3v) is 4.21. The van der Waals surface area contributed by atoms with Gasteiger partial charge in [0.25, 0.3) is 5.69 Å². The second-order valence-electron chi connectivity index (χ2n) is 7.31. The minimum atomic E-state index is -0.681. The van der Waals surface area contributed by atoms with Gasteiger partial charge in [-0.05, 0) is 45.6 Å². The molecule has 0 N–H and O–H groups in total. The summed E-state index contributed by atoms with van der Waals surface area (Å²) < 4.78 is 5.38. The molecule has 2 amide bonds. The fourth-order valence-corrected chi connectivity index (χ4v) is 3.00. The lowest BCUT2D eigenvalue weighted by atomic mass is 9.98. The van der Waals surface area contributed by atoms with Crippen molar-refractivity contribution in [3.05, 3.63) is 39.9 Å². The van der Waals surface area contributed by atoms with E-state index in [9.17, 15) is 19.7 Å². The van der Waals surface area contributed by atoms with E-state index >= 15 is 0 Å². The Morgan fingerprint density at radius 2 is 1.92 bits per heavy atom. The van der Waals surface area contributed by atoms with Crippen molar-refractivity contribution in [2.24, 2.45) is 5.92 Å². The molecule has 0 radical (unpaired) electrons. The number of non-ortho nitro benzene ring substituents is 1. The summed E-state index contributed by atoms with van der Waals surface area (Å²) in [5.41, 5.74) is 0.176. The van der Waals surface area contributed by atoms with Crippen LogP contribution in [0.25, 0.3) is 0 Å². The molecule has 2 atom stereocenters. The van der Waals surface area contributed by atoms with Gasteiger partial charge in [0.2, 0.25) is 5.91 Å². The van der Waals surface area contributed by atoms with E-state index in [1.54, 1.807) is 32.9 Å². The third kappa shape index (κ3) is 4.55. The lowest BCUT2D eigenvalue weighted by molar-refractivity contribution is -0.384. The molecular weight excluding hydrogens is 324 g/mol. The molecule has 0 aromatic heterocycles. The molecule has 1 aromatic rings. The lowest BCUT2D eigenvalue weighted by Crippen LogP contribution is -2.43. The van der Waals surface area contributed by atoms with E-state index in [1.807, 2.05) is 6.92 Å². The maximum Gasteiger partial charge on any atom is 0.417 e. The van der Waals surface area contributed by atoms with E-state index in [0.29, 0.717) is 19.3 Å². The number of carbonyl (C=O) groups is 2. The summed E-state index contributed by atoms with van der Waals surface area (Å²) in [5.74, 6) is -0.403. The number of benzene rings is 1. The van der Waals surface area contributed by atoms with Crippen LogP contribution in [-0.2, 0) is 16.0 Å². The first kappa shape index (κ1) is 18.9. The van der Waals surface area contributed by atoms with E-state index in [-0.39, 0.29) is 23.6 Å². The number of hydrogen-bond donors (Lipinski definition) is 0. The highest BCUT2D eigenvalue weighted by Gasteiger charge is 2.43. The third-order valence-electron chi connectivity index (χ3n) is 4.21. The molecule has 2 rings (SSSR count). The zero-order valence-corrected chi connectivity index (χ0v) is 15.0. The largest absolute Gasteiger partial charge is 0.443 e. The van der Waals surface area contributed by atoms with Gasteiger partial charge in [0.05, 0.1) is 4.92 Å². The molecule has 1 fully saturated rings. The van der Waals surface area contributed by atoms with Crippen molar-refractivity contribution >= 4 is 17.7 Å². The first-order valence-electron chi connectivity index (χ1n) is 8.41. The normalized spacial score (nSPS) is 20.6. The van der Waals surface area contributed by atoms with Gasteiger partial charge in [-0.2, -0.15) is 0 Å². The van der Waals surface area contributed by atoms with Crippen molar-refractivity contribution in [2.45, 2.75) is 58.6 Å². The average molecular weight is 348 g/mol. The summed E-state index contributed by atoms with van der Waals surface area (Å²) in [6.07, 6.45) is 1.07. The number of nitrogens with zero attached hydrogens (tertiary/aromatic N) is 2. The SMILES string of the molecule is CC[C@H]1C[C@H](Cc2ccc([N+](=O)[O-])cc2)N(C(=O)OC(C)(C)C)C1=O. The maximum atomic E-state index is 12.5. The van der Waals surface area contributed by atoms with E-state index in [4.69, 9.17) is 4.74 Å². The number of nitro benzene ring substituents is 1. The fraction of sp³-hybridized carbons (Fsp3) is 0.556. The molecule has 1 aromatic carbocycles. The van der Waals surface area contributed by atoms with Gasteiger partial charge in [0.1, 0.15) is 5.60 Å². The standard InChI is InChI=1S/C18H24N2O5/c1-5-13-11-15(10-12-6-8-14(9-7-12)20(23)24)19(16(13)21)17(22)25-18(2,3)4/h6-9,13,15H,5,10-11H2,1-4H3/t13-,15-/m0/s1. The first-order chi connectivity index (χ1) is 11.6. The molecule has 1 heterocycles. The molecule has 1 aliphatic rings. The van der Waals surface area contributed by atoms with E-state index in [2.05, 4.69) is 0 Å². The summed E-state index contributed by atoms with van der Waals surface area (Å²) >= 11 is 0. The molecule has 7 nitrogen and oxygen atoms in total. The van der Waals surface area contributed by atoms with Gasteiger partial charge >= 0.3 is 6.09 Å². The van der Waals surface area contributed by atoms with Crippen LogP contribution in [0.5, 0.6) is 0 Å². The maximum absolute atomic E-state index is 12.5. The highest BCUT2D eigenvalue weighted by Crippen LogP contribution is 2.31. The number of amides is 2. The second-order valence-corrected chi connectivity index (χ2v) is 7.31. The highest BCUT2D eigenvalue weighted by molar-refractivity contribution is 5.95. The molecule has 0 bridgehead atoms. The van der Waals surface area contributed by atoms with Crippen molar-refractivity contribution in [1.82, 2.24) is 4.90 Å². The molecule has 1 saturated heterocycles. The number of nitro groups is 1. The van der Waals surface area contributed by atoms with Crippen LogP contribution in [0.2, 0.25) is 0 Å². The van der Waals surface area contributed by atoms with E-state index in [0.717, 1.165) is 5.56 Å². The Morgan fingerprint density at radius 3 is 2.40 bits per heavy atom. The summed E-state index contributed by atoms with van der Waals surface area (Å²) in [5, 5.41) is 10.7. The molecular formula is C18H24N2O5. The van der Waals surface area contributed by atoms with Crippen LogP contribution in [0, 0.1) is 16.0 Å². The van der Waals surface area contributed by atoms with Gasteiger partial charge in [-0.25, -0.2) is 9.69 Å². The Morgan fingerprint density at radius 1 is 1.32 bits per heavy atom. The quantitative estimate of drug-likeness (QED) is 0.611. The van der Waals surface area contributed by atoms with Crippen molar-refractivity contribution in [3.8, 4) is 0 Å². The molecule has 0 unspecified atom stereocenters. The van der Waals surface area contributed by atoms with Crippen molar-refractivity contribution in [2.75, 3.05) is 0 Å². The predicted molar refractivity (Wildman–Crippen MR) is 92.1 cm³/mol. The molecule has 136 valence electrons. The average Bonchev–Trinajstić information content (AvgIpc) is 2.81. The van der Waals surface area contributed by atoms with Crippen LogP contribution in [0.3, 0.4) is 0 Å². The number of carbonyl (C=O) groups excluding carboxylic acids is 2. The van der Waals surface area contributed by atoms with Crippen molar-refractivity contribution in [1.29, 1.82) is 0 Å². The van der Waals surface area contributed by atoms with Gasteiger partial charge in [-0.1, -0.05) is 19.1 Å². The van der Waals surface area contributed by atoms with Crippen molar-refractivity contribution in [3.63, 3.8) is 0 Å². The lowest BCUT2D eigenvalue weighted by Gasteiger charge is -2.27. The minimum Gasteiger partial charge on any atom is -0.443 e. The van der Waals surface area contributed by atoms with E-state index in [1.165, 1.54) is 17.0 Å². The number of imide groups is 1. The summed E-state index contributed by atoms with van der Waals surface area (Å²) in [6, 6.07) is 5.89. The highest BCUT2D eigenvalue weighted by atomic mass is 16.6. The zero-order chi connectivity index (χ0) is 18.8. The predicted octanol–water partition coefficient (Wildman–Crippen LogP) is 3.70. The smallest absolute Gasteiger partial charge is 0.417 e. The number of ether oxygens (including phenoxy) is 1. The summed E-state index contributed by atoms with van der Waals surface area (Å²) in [6.45, 7) is 7.19. The van der Waals surface area contributed by atoms with Crippen LogP contribution in [0.1, 0.15) is 46.1 Å². The first-order valence-corrected chi connectivity index (χ1v) is 8.41. The molecule has 0 spiro atoms. The number of likely N-dealkylation sites (tertiary alicyclic amines) is 1. The topological polar surface area (TPSA) is 89.8 Å². The van der Waals surface area contributed by atoms with Crippen LogP contribution in [0.15, 0.2) is 24.3 Å². The van der Waals surface area contributed by atoms with Crippen LogP contribution >= 0.6 is 0 Å². The Bertz CT molecular complexity index is 663. The Kier molecular flexibility index (Phi) is 5.45. The molecule has 0 saturated carbocycles. The van der Waals surface area contributed by atoms with Gasteiger partial charge in [0, 0.05) is 24.1 Å². The zero-order valence-electron chi connectivity index (χ0n) is 15.0.